The molecule has 0 spiro atoms. The third-order valence-electron chi connectivity index (χ3n) is 6.46. The largest absolute Gasteiger partial charge is 0.496 e. The monoisotopic (exact) mass is 457 g/mol. The number of imidazole rings is 1. The molecule has 0 radical (unpaired) electrons. The van der Waals surface area contributed by atoms with Crippen molar-refractivity contribution in [3.05, 3.63) is 60.8 Å². The zero-order chi connectivity index (χ0) is 23.1. The molecule has 11 nitrogen and oxygen atoms in total. The van der Waals surface area contributed by atoms with E-state index in [2.05, 4.69) is 25.7 Å². The molecule has 1 aromatic carbocycles. The Hall–Kier alpha value is -4.28. The molecule has 1 aliphatic carbocycles. The minimum absolute atomic E-state index is 0.299. The molecular formula is C23H23N9O2. The summed E-state index contributed by atoms with van der Waals surface area (Å²) in [6.45, 7) is 0. The molecule has 1 N–H and O–H groups in total. The number of hydrogen-bond acceptors (Lipinski definition) is 7. The number of amides is 1. The van der Waals surface area contributed by atoms with Gasteiger partial charge in [0.1, 0.15) is 5.75 Å². The molecule has 1 saturated carbocycles. The maximum atomic E-state index is 13.1. The molecule has 1 aliphatic rings. The third kappa shape index (κ3) is 3.54. The summed E-state index contributed by atoms with van der Waals surface area (Å²) in [4.78, 5) is 17.4. The molecule has 1 amide bonds. The van der Waals surface area contributed by atoms with Crippen molar-refractivity contribution in [1.29, 1.82) is 0 Å². The second kappa shape index (κ2) is 8.25. The highest BCUT2D eigenvalue weighted by atomic mass is 16.5. The second-order valence-corrected chi connectivity index (χ2v) is 8.46. The van der Waals surface area contributed by atoms with Gasteiger partial charge in [0.05, 0.1) is 42.7 Å². The van der Waals surface area contributed by atoms with Crippen LogP contribution in [0.2, 0.25) is 0 Å². The predicted octanol–water partition coefficient (Wildman–Crippen LogP) is 3.29. The van der Waals surface area contributed by atoms with Crippen molar-refractivity contribution in [2.45, 2.75) is 37.8 Å². The number of anilines is 1. The fourth-order valence-corrected chi connectivity index (χ4v) is 4.70. The summed E-state index contributed by atoms with van der Waals surface area (Å²) in [5.74, 6) is 0.654. The van der Waals surface area contributed by atoms with Crippen LogP contribution in [0.1, 0.15) is 48.1 Å². The van der Waals surface area contributed by atoms with Crippen LogP contribution in [0.4, 0.5) is 5.82 Å². The summed E-state index contributed by atoms with van der Waals surface area (Å²) < 4.78 is 11.1. The van der Waals surface area contributed by atoms with Crippen molar-refractivity contribution in [3.63, 3.8) is 0 Å². The number of methoxy groups -OCH3 is 1. The van der Waals surface area contributed by atoms with Crippen molar-refractivity contribution >= 4 is 28.3 Å². The maximum Gasteiger partial charge on any atom is 0.260 e. The van der Waals surface area contributed by atoms with E-state index in [0.717, 1.165) is 36.6 Å². The Morgan fingerprint density at radius 1 is 1.12 bits per heavy atom. The molecule has 0 atom stereocenters. The number of nitrogens with one attached hydrogen (secondary N) is 1. The molecule has 34 heavy (non-hydrogen) atoms. The van der Waals surface area contributed by atoms with Gasteiger partial charge in [-0.25, -0.2) is 9.67 Å². The molecule has 5 aromatic rings. The summed E-state index contributed by atoms with van der Waals surface area (Å²) in [5.41, 5.74) is 1.87. The summed E-state index contributed by atoms with van der Waals surface area (Å²) >= 11 is 0. The fourth-order valence-electron chi connectivity index (χ4n) is 4.70. The molecule has 4 heterocycles. The quantitative estimate of drug-likeness (QED) is 0.430. The highest BCUT2D eigenvalue weighted by Gasteiger charge is 2.25. The van der Waals surface area contributed by atoms with Gasteiger partial charge in [0, 0.05) is 30.0 Å². The van der Waals surface area contributed by atoms with E-state index in [-0.39, 0.29) is 5.91 Å². The van der Waals surface area contributed by atoms with Gasteiger partial charge in [0.25, 0.3) is 5.91 Å². The topological polar surface area (TPSA) is 117 Å². The second-order valence-electron chi connectivity index (χ2n) is 8.46. The van der Waals surface area contributed by atoms with E-state index in [4.69, 9.17) is 9.84 Å². The van der Waals surface area contributed by atoms with Crippen LogP contribution >= 0.6 is 0 Å². The van der Waals surface area contributed by atoms with Gasteiger partial charge in [-0.05, 0) is 43.9 Å². The summed E-state index contributed by atoms with van der Waals surface area (Å²) in [6.07, 6.45) is 12.9. The Morgan fingerprint density at radius 3 is 2.71 bits per heavy atom. The Bertz CT molecular complexity index is 1460. The smallest absolute Gasteiger partial charge is 0.260 e. The molecule has 0 unspecified atom stereocenters. The van der Waals surface area contributed by atoms with E-state index in [1.54, 1.807) is 36.3 Å². The first kappa shape index (κ1) is 20.3. The molecule has 172 valence electrons. The lowest BCUT2D eigenvalue weighted by Gasteiger charge is -2.28. The number of carbonyl (C=O) groups excluding carboxylic acids is 1. The molecule has 0 bridgehead atoms. The number of ether oxygens (including phenoxy) is 1. The Kier molecular flexibility index (Phi) is 4.93. The predicted molar refractivity (Wildman–Crippen MR) is 124 cm³/mol. The number of nitrogens with zero attached hydrogens (tertiary/aromatic N) is 8. The third-order valence-corrected chi connectivity index (χ3v) is 6.46. The number of fused-ring (bicyclic) bond motifs is 2. The van der Waals surface area contributed by atoms with Gasteiger partial charge in [0.2, 0.25) is 0 Å². The fraction of sp³-hybridized carbons (Fsp3) is 0.304. The van der Waals surface area contributed by atoms with Crippen LogP contribution in [0.15, 0.2) is 55.2 Å². The van der Waals surface area contributed by atoms with E-state index in [0.29, 0.717) is 34.9 Å². The SMILES string of the molecule is COc1cc2nn(C3CCC(n4ccnn4)CC3)cc2cc1C(=O)Nc1cnc2cccnn12. The number of rotatable bonds is 5. The summed E-state index contributed by atoms with van der Waals surface area (Å²) in [5, 5.41) is 20.9. The average Bonchev–Trinajstić information content (AvgIpc) is 3.63. The van der Waals surface area contributed by atoms with Crippen LogP contribution in [-0.4, -0.2) is 52.4 Å². The van der Waals surface area contributed by atoms with Crippen molar-refractivity contribution in [3.8, 4) is 5.75 Å². The highest BCUT2D eigenvalue weighted by molar-refractivity contribution is 6.08. The standard InChI is InChI=1S/C23H23N9O2/c1-34-20-12-19-15(11-18(20)23(33)27-22-13-24-21-3-2-8-26-32(21)22)14-31(28-19)17-6-4-16(5-7-17)30-10-9-25-29-30/h2-3,8-14,16-17H,4-7H2,1H3,(H,27,33). The highest BCUT2D eigenvalue weighted by Crippen LogP contribution is 2.35. The van der Waals surface area contributed by atoms with Crippen LogP contribution in [0, 0.1) is 0 Å². The van der Waals surface area contributed by atoms with Gasteiger partial charge in [-0.1, -0.05) is 5.21 Å². The first-order valence-electron chi connectivity index (χ1n) is 11.2. The van der Waals surface area contributed by atoms with E-state index in [9.17, 15) is 4.79 Å². The zero-order valence-corrected chi connectivity index (χ0v) is 18.6. The lowest BCUT2D eigenvalue weighted by molar-refractivity contribution is 0.102. The number of benzene rings is 1. The van der Waals surface area contributed by atoms with Crippen LogP contribution in [0.25, 0.3) is 16.6 Å². The zero-order valence-electron chi connectivity index (χ0n) is 18.6. The van der Waals surface area contributed by atoms with E-state index in [1.165, 1.54) is 0 Å². The molecule has 6 rings (SSSR count). The lowest BCUT2D eigenvalue weighted by Crippen LogP contribution is -2.21. The van der Waals surface area contributed by atoms with Gasteiger partial charge in [-0.2, -0.15) is 14.7 Å². The summed E-state index contributed by atoms with van der Waals surface area (Å²) in [7, 11) is 1.55. The van der Waals surface area contributed by atoms with Gasteiger partial charge >= 0.3 is 0 Å². The molecule has 11 heteroatoms. The van der Waals surface area contributed by atoms with Gasteiger partial charge in [-0.3, -0.25) is 9.48 Å². The van der Waals surface area contributed by atoms with Crippen LogP contribution in [0.5, 0.6) is 5.75 Å². The first-order chi connectivity index (χ1) is 16.7. The maximum absolute atomic E-state index is 13.1. The normalized spacial score (nSPS) is 18.4. The number of carbonyl (C=O) groups is 1. The Labute approximate surface area is 194 Å². The molecule has 4 aromatic heterocycles. The minimum Gasteiger partial charge on any atom is -0.496 e. The minimum atomic E-state index is -0.299. The Balaban J connectivity index is 1.25. The number of aromatic nitrogens is 8. The van der Waals surface area contributed by atoms with Crippen molar-refractivity contribution in [1.82, 2.24) is 39.4 Å². The van der Waals surface area contributed by atoms with Crippen LogP contribution < -0.4 is 10.1 Å². The van der Waals surface area contributed by atoms with Crippen LogP contribution in [-0.2, 0) is 0 Å². The van der Waals surface area contributed by atoms with Gasteiger partial charge in [0.15, 0.2) is 11.5 Å². The number of hydrogen-bond donors (Lipinski definition) is 1. The van der Waals surface area contributed by atoms with Crippen molar-refractivity contribution in [2.24, 2.45) is 0 Å². The lowest BCUT2D eigenvalue weighted by atomic mass is 9.91. The first-order valence-corrected chi connectivity index (χ1v) is 11.2. The van der Waals surface area contributed by atoms with Crippen molar-refractivity contribution < 1.29 is 9.53 Å². The Morgan fingerprint density at radius 2 is 1.94 bits per heavy atom. The molecule has 1 fully saturated rings. The van der Waals surface area contributed by atoms with Gasteiger partial charge < -0.3 is 10.1 Å². The molecule has 0 saturated heterocycles. The van der Waals surface area contributed by atoms with E-state index >= 15 is 0 Å². The van der Waals surface area contributed by atoms with E-state index in [1.807, 2.05) is 40.0 Å². The van der Waals surface area contributed by atoms with E-state index < -0.39 is 0 Å². The molecule has 0 aliphatic heterocycles. The van der Waals surface area contributed by atoms with Crippen LogP contribution in [0.3, 0.4) is 0 Å². The average molecular weight is 457 g/mol. The summed E-state index contributed by atoms with van der Waals surface area (Å²) in [6, 6.07) is 7.94. The van der Waals surface area contributed by atoms with Crippen molar-refractivity contribution in [2.75, 3.05) is 12.4 Å². The molecular weight excluding hydrogens is 434 g/mol. The van der Waals surface area contributed by atoms with Gasteiger partial charge in [-0.15, -0.1) is 5.10 Å².